The summed E-state index contributed by atoms with van der Waals surface area (Å²) in [4.78, 5) is 199. The summed E-state index contributed by atoms with van der Waals surface area (Å²) in [5, 5.41) is 50.5. The van der Waals surface area contributed by atoms with E-state index in [1.165, 1.54) is 20.8 Å². The molecule has 0 spiro atoms. The Morgan fingerprint density at radius 3 is 1.09 bits per heavy atom. The number of carbonyl (C=O) groups is 15. The Morgan fingerprint density at radius 1 is 0.468 bits per heavy atom. The van der Waals surface area contributed by atoms with Gasteiger partial charge in [0, 0.05) is 29.2 Å². The van der Waals surface area contributed by atoms with Crippen molar-refractivity contribution in [2.75, 3.05) is 39.3 Å². The SMILES string of the molecule is C[C@@H](CNC(=O)CN1C(=O)N[C@@H](CC(=O)NCc2nc3ccccc3[nH]2)C1=O)C(=O)O.C[C@@H](CNC(=O)CN1C(=O)N[C@@H](CC(=O)NCc2nc3ccccc3[nH]2)C1=O)C(=O)[OH2+].C[C@@H](CNC(=O)CN1C(=O)N[C@@H](CC(=O)O)C1=O)C(=O)[OH2+].NCc1nc2ccccc2[nH]1. The van der Waals surface area contributed by atoms with E-state index in [0.29, 0.717) is 32.9 Å². The number of rotatable bonds is 26. The molecule has 14 amide bonds. The first-order valence-corrected chi connectivity index (χ1v) is 28.8. The van der Waals surface area contributed by atoms with Gasteiger partial charge in [-0.1, -0.05) is 43.3 Å². The lowest BCUT2D eigenvalue weighted by Gasteiger charge is -2.14. The molecule has 3 aliphatic heterocycles. The van der Waals surface area contributed by atoms with Gasteiger partial charge in [-0.2, -0.15) is 0 Å². The van der Waals surface area contributed by atoms with E-state index in [1.54, 1.807) is 0 Å². The normalized spacial score (nSPS) is 16.6. The van der Waals surface area contributed by atoms with Gasteiger partial charge in [-0.25, -0.2) is 29.3 Å². The Bertz CT molecular complexity index is 3600. The molecule has 37 nitrogen and oxygen atoms in total. The van der Waals surface area contributed by atoms with E-state index in [0.717, 1.165) is 38.9 Å². The quantitative estimate of drug-likeness (QED) is 0.0183. The van der Waals surface area contributed by atoms with Crippen LogP contribution in [-0.2, 0) is 77.2 Å². The summed E-state index contributed by atoms with van der Waals surface area (Å²) < 4.78 is 0. The Hall–Kier alpha value is -11.9. The molecule has 3 aromatic heterocycles. The summed E-state index contributed by atoms with van der Waals surface area (Å²) in [6.07, 6.45) is -1.14. The fourth-order valence-corrected chi connectivity index (χ4v) is 8.60. The lowest BCUT2D eigenvalue weighted by molar-refractivity contribution is -0.142. The van der Waals surface area contributed by atoms with Gasteiger partial charge in [-0.3, -0.25) is 62.6 Å². The van der Waals surface area contributed by atoms with Crippen molar-refractivity contribution in [2.45, 2.75) is 77.8 Å². The lowest BCUT2D eigenvalue weighted by Crippen LogP contribution is -2.43. The van der Waals surface area contributed by atoms with Crippen molar-refractivity contribution in [1.82, 2.24) is 87.1 Å². The summed E-state index contributed by atoms with van der Waals surface area (Å²) in [6, 6.07) is 16.9. The summed E-state index contributed by atoms with van der Waals surface area (Å²) in [5.74, 6) is -9.39. The second-order valence-electron chi connectivity index (χ2n) is 21.3. The molecule has 0 saturated carbocycles. The monoisotopic (exact) mass is 1310 g/mol. The van der Waals surface area contributed by atoms with Crippen molar-refractivity contribution in [2.24, 2.45) is 23.5 Å². The van der Waals surface area contributed by atoms with E-state index in [2.05, 4.69) is 72.4 Å². The highest BCUT2D eigenvalue weighted by molar-refractivity contribution is 6.09. The van der Waals surface area contributed by atoms with E-state index in [1.807, 2.05) is 72.8 Å². The Balaban J connectivity index is 0.000000209. The van der Waals surface area contributed by atoms with Crippen molar-refractivity contribution in [3.8, 4) is 0 Å². The van der Waals surface area contributed by atoms with Crippen LogP contribution in [0.2, 0.25) is 0 Å². The average Bonchev–Trinajstić information content (AvgIpc) is 1.73. The van der Waals surface area contributed by atoms with Gasteiger partial charge in [0.15, 0.2) is 0 Å². The minimum atomic E-state index is -1.25. The zero-order valence-corrected chi connectivity index (χ0v) is 50.7. The number of urea groups is 3. The first-order chi connectivity index (χ1) is 44.6. The number of carbonyl (C=O) groups excluding carboxylic acids is 13. The number of aromatic amines is 3. The van der Waals surface area contributed by atoms with Crippen LogP contribution in [0.5, 0.6) is 0 Å². The number of hydrogen-bond donors (Lipinski definition) is 14. The largest absolute Gasteiger partial charge is 0.564 e. The van der Waals surface area contributed by atoms with E-state index < -0.39 is 151 Å². The van der Waals surface area contributed by atoms with Crippen LogP contribution in [-0.4, -0.2) is 212 Å². The van der Waals surface area contributed by atoms with Gasteiger partial charge in [0.05, 0.1) is 77.9 Å². The van der Waals surface area contributed by atoms with Crippen LogP contribution in [0, 0.1) is 17.8 Å². The third kappa shape index (κ3) is 20.6. The number of fused-ring (bicyclic) bond motifs is 3. The van der Waals surface area contributed by atoms with Crippen LogP contribution in [0.25, 0.3) is 33.1 Å². The fraction of sp³-hybridized carbons (Fsp3) is 0.368. The molecule has 500 valence electrons. The molecule has 0 radical (unpaired) electrons. The van der Waals surface area contributed by atoms with Crippen molar-refractivity contribution >= 4 is 122 Å². The third-order valence-corrected chi connectivity index (χ3v) is 13.9. The van der Waals surface area contributed by atoms with Gasteiger partial charge >= 0.3 is 42.0 Å². The first-order valence-electron chi connectivity index (χ1n) is 28.8. The van der Waals surface area contributed by atoms with E-state index in [9.17, 15) is 71.9 Å². The number of benzene rings is 3. The standard InChI is InChI=1S/2C19H22N6O6.C11H15N3O7.C8H9N3/c2*1-10(18(29)30)7-20-16(27)9-25-17(28)13(24-19(25)31)6-15(26)21-8-14-22-11-4-2-3-5-12(11)23-14;1-5(10(19)20)3-12-7(15)4-14-9(18)6(2-8(16)17)13-11(14)21;9-5-8-10-6-3-1-2-4-7(6)11-8/h2*2-5,10,13H,6-9H2,1H3,(H,20,27)(H,21,26)(H,22,23)(H,24,31)(H,29,30);5-6H,2-4H2,1H3,(H,12,15)(H,13,21)(H,16,17)(H,19,20);1-4H,5,9H2,(H,10,11)/p+2/t2*10-,13-;5-,6-;/m000./s1. The van der Waals surface area contributed by atoms with Gasteiger partial charge in [-0.15, -0.1) is 0 Å². The predicted octanol–water partition coefficient (Wildman–Crippen LogP) is -3.77. The molecule has 6 atom stereocenters. The molecule has 3 aromatic carbocycles. The number of amides is 14. The maximum atomic E-state index is 12.4. The van der Waals surface area contributed by atoms with E-state index in [4.69, 9.17) is 26.2 Å². The number of imide groups is 3. The van der Waals surface area contributed by atoms with Crippen molar-refractivity contribution in [3.63, 3.8) is 0 Å². The maximum absolute atomic E-state index is 12.4. The van der Waals surface area contributed by atoms with Crippen LogP contribution in [0.15, 0.2) is 72.8 Å². The number of para-hydroxylation sites is 6. The van der Waals surface area contributed by atoms with Gasteiger partial charge < -0.3 is 83.6 Å². The van der Waals surface area contributed by atoms with Crippen LogP contribution in [0.1, 0.15) is 57.5 Å². The summed E-state index contributed by atoms with van der Waals surface area (Å²) in [5.41, 5.74) is 10.6. The number of nitrogens with two attached hydrogens (primary N) is 1. The van der Waals surface area contributed by atoms with Crippen molar-refractivity contribution in [3.05, 3.63) is 90.3 Å². The van der Waals surface area contributed by atoms with Crippen LogP contribution in [0.3, 0.4) is 0 Å². The van der Waals surface area contributed by atoms with Gasteiger partial charge in [0.1, 0.15) is 67.1 Å². The number of carboxylic acids is 2. The van der Waals surface area contributed by atoms with Crippen molar-refractivity contribution < 1.29 is 92.3 Å². The summed E-state index contributed by atoms with van der Waals surface area (Å²) in [6.45, 7) is 3.10. The number of aliphatic carboxylic acids is 2. The zero-order chi connectivity index (χ0) is 68.9. The molecule has 0 aliphatic carbocycles. The van der Waals surface area contributed by atoms with Crippen LogP contribution >= 0.6 is 0 Å². The number of H-pyrrole nitrogens is 3. The van der Waals surface area contributed by atoms with E-state index >= 15 is 0 Å². The molecule has 9 rings (SSSR count). The van der Waals surface area contributed by atoms with Gasteiger partial charge in [0.25, 0.3) is 17.7 Å². The minimum Gasteiger partial charge on any atom is -0.564 e. The number of nitrogens with zero attached hydrogens (tertiary/aromatic N) is 6. The molecule has 37 heteroatoms. The smallest absolute Gasteiger partial charge is 0.520 e. The summed E-state index contributed by atoms with van der Waals surface area (Å²) >= 11 is 0. The highest BCUT2D eigenvalue weighted by atomic mass is 16.4. The number of carboxylic acid groups (broad SMARTS) is 2. The Kier molecular flexibility index (Phi) is 25.2. The number of nitrogens with one attached hydrogen (secondary N) is 11. The molecule has 6 aromatic rings. The molecule has 6 heterocycles. The Labute approximate surface area is 531 Å². The zero-order valence-electron chi connectivity index (χ0n) is 50.7. The first kappa shape index (κ1) is 71.2. The second kappa shape index (κ2) is 33.2. The second-order valence-corrected chi connectivity index (χ2v) is 21.3. The number of imidazole rings is 3. The topological polar surface area (TPSA) is 560 Å². The van der Waals surface area contributed by atoms with Crippen LogP contribution in [0.4, 0.5) is 14.4 Å². The molecule has 3 fully saturated rings. The highest BCUT2D eigenvalue weighted by Gasteiger charge is 2.42. The van der Waals surface area contributed by atoms with Gasteiger partial charge in [-0.05, 0) is 50.2 Å². The van der Waals surface area contributed by atoms with Crippen LogP contribution < -0.4 is 48.3 Å². The molecule has 3 aliphatic rings. The summed E-state index contributed by atoms with van der Waals surface area (Å²) in [7, 11) is 0. The minimum absolute atomic E-state index is 0.0710. The molecule has 0 unspecified atom stereocenters. The fourth-order valence-electron chi connectivity index (χ4n) is 8.60. The third-order valence-electron chi connectivity index (χ3n) is 13.9. The average molecular weight is 1310 g/mol. The molecule has 94 heavy (non-hydrogen) atoms. The Morgan fingerprint density at radius 2 is 0.777 bits per heavy atom. The lowest BCUT2D eigenvalue weighted by atomic mass is 10.2. The van der Waals surface area contributed by atoms with Crippen molar-refractivity contribution in [1.29, 1.82) is 0 Å². The van der Waals surface area contributed by atoms with E-state index in [-0.39, 0.29) is 45.6 Å². The molecular formula is C57H70N18O19+2. The number of hydrogen-bond acceptors (Lipinski definition) is 19. The van der Waals surface area contributed by atoms with Gasteiger partial charge in [0.2, 0.25) is 29.5 Å². The molecular weight excluding hydrogens is 1240 g/mol. The molecule has 0 bridgehead atoms. The maximum Gasteiger partial charge on any atom is 0.520 e. The predicted molar refractivity (Wildman–Crippen MR) is 325 cm³/mol. The molecule has 19 N–H and O–H groups in total. The molecule has 3 saturated heterocycles. The number of aromatic nitrogens is 6. The highest BCUT2D eigenvalue weighted by Crippen LogP contribution is 2.16.